The van der Waals surface area contributed by atoms with Crippen LogP contribution in [-0.2, 0) is 23.0 Å². The Balaban J connectivity index is 1.84. The van der Waals surface area contributed by atoms with Gasteiger partial charge in [0.05, 0.1) is 9.77 Å². The summed E-state index contributed by atoms with van der Waals surface area (Å²) >= 11 is 2.85. The topological polar surface area (TPSA) is 85.1 Å². The van der Waals surface area contributed by atoms with E-state index in [9.17, 15) is 8.42 Å². The summed E-state index contributed by atoms with van der Waals surface area (Å²) in [5, 5.41) is 5.81. The molecule has 0 saturated heterocycles. The summed E-state index contributed by atoms with van der Waals surface area (Å²) in [4.78, 5) is 6.85. The zero-order valence-corrected chi connectivity index (χ0v) is 15.0. The molecule has 23 heavy (non-hydrogen) atoms. The molecule has 0 fully saturated rings. The van der Waals surface area contributed by atoms with E-state index in [0.29, 0.717) is 27.9 Å². The highest BCUT2D eigenvalue weighted by atomic mass is 32.2. The monoisotopic (exact) mass is 369 g/mol. The number of rotatable bonds is 6. The second kappa shape index (κ2) is 6.52. The fourth-order valence-electron chi connectivity index (χ4n) is 2.00. The standard InChI is InChI=1S/C14H15N3O3S3/c1-3-13-16-14(17-20-13)11-7-12(9(2)22-11)23(18,19)15-8-10-5-4-6-21-10/h4-7,15H,3,8H2,1-2H3. The highest BCUT2D eigenvalue weighted by Crippen LogP contribution is 2.32. The van der Waals surface area contributed by atoms with E-state index in [0.717, 1.165) is 4.88 Å². The first-order chi connectivity index (χ1) is 11.0. The van der Waals surface area contributed by atoms with Crippen molar-refractivity contribution in [2.24, 2.45) is 0 Å². The zero-order valence-electron chi connectivity index (χ0n) is 12.6. The van der Waals surface area contributed by atoms with Gasteiger partial charge >= 0.3 is 0 Å². The quantitative estimate of drug-likeness (QED) is 0.721. The largest absolute Gasteiger partial charge is 0.339 e. The van der Waals surface area contributed by atoms with Gasteiger partial charge in [-0.1, -0.05) is 18.1 Å². The molecule has 0 unspecified atom stereocenters. The van der Waals surface area contributed by atoms with Crippen molar-refractivity contribution in [3.05, 3.63) is 39.2 Å². The number of aryl methyl sites for hydroxylation is 2. The van der Waals surface area contributed by atoms with Gasteiger partial charge in [-0.25, -0.2) is 13.1 Å². The van der Waals surface area contributed by atoms with Crippen LogP contribution in [0.1, 0.15) is 22.6 Å². The van der Waals surface area contributed by atoms with Crippen LogP contribution in [0.25, 0.3) is 10.7 Å². The van der Waals surface area contributed by atoms with Gasteiger partial charge in [0.15, 0.2) is 0 Å². The second-order valence-electron chi connectivity index (χ2n) is 4.80. The van der Waals surface area contributed by atoms with Gasteiger partial charge in [-0.3, -0.25) is 0 Å². The number of sulfonamides is 1. The third kappa shape index (κ3) is 3.52. The summed E-state index contributed by atoms with van der Waals surface area (Å²) in [6.45, 7) is 3.98. The number of thiophene rings is 2. The van der Waals surface area contributed by atoms with Crippen molar-refractivity contribution < 1.29 is 12.9 Å². The number of nitrogens with one attached hydrogen (secondary N) is 1. The maximum absolute atomic E-state index is 12.5. The molecule has 0 aliphatic rings. The van der Waals surface area contributed by atoms with Gasteiger partial charge in [0.25, 0.3) is 0 Å². The van der Waals surface area contributed by atoms with Crippen LogP contribution in [0.4, 0.5) is 0 Å². The lowest BCUT2D eigenvalue weighted by Gasteiger charge is -2.04. The highest BCUT2D eigenvalue weighted by molar-refractivity contribution is 7.89. The van der Waals surface area contributed by atoms with Crippen LogP contribution in [0.2, 0.25) is 0 Å². The van der Waals surface area contributed by atoms with Crippen LogP contribution in [-0.4, -0.2) is 18.6 Å². The number of hydrogen-bond acceptors (Lipinski definition) is 7. The number of nitrogens with zero attached hydrogens (tertiary/aromatic N) is 2. The van der Waals surface area contributed by atoms with Gasteiger partial charge in [-0.2, -0.15) is 4.98 Å². The van der Waals surface area contributed by atoms with E-state index < -0.39 is 10.0 Å². The SMILES string of the molecule is CCc1nc(-c2cc(S(=O)(=O)NCc3cccs3)c(C)s2)no1. The molecule has 122 valence electrons. The first-order valence-electron chi connectivity index (χ1n) is 6.95. The van der Waals surface area contributed by atoms with Crippen LogP contribution in [0.3, 0.4) is 0 Å². The Labute approximate surface area is 142 Å². The summed E-state index contributed by atoms with van der Waals surface area (Å²) in [7, 11) is -3.57. The second-order valence-corrected chi connectivity index (χ2v) is 8.82. The maximum Gasteiger partial charge on any atom is 0.242 e. The van der Waals surface area contributed by atoms with Gasteiger partial charge < -0.3 is 4.52 Å². The molecule has 3 rings (SSSR count). The first-order valence-corrected chi connectivity index (χ1v) is 10.1. The molecule has 0 amide bonds. The zero-order chi connectivity index (χ0) is 16.4. The Bertz CT molecular complexity index is 895. The molecular formula is C14H15N3O3S3. The molecule has 3 aromatic heterocycles. The Hall–Kier alpha value is -1.55. The van der Waals surface area contributed by atoms with E-state index in [1.807, 2.05) is 24.4 Å². The molecule has 0 radical (unpaired) electrons. The summed E-state index contributed by atoms with van der Waals surface area (Å²) in [5.41, 5.74) is 0. The molecule has 0 aliphatic carbocycles. The highest BCUT2D eigenvalue weighted by Gasteiger charge is 2.22. The molecule has 9 heteroatoms. The van der Waals surface area contributed by atoms with Gasteiger partial charge in [-0.05, 0) is 24.4 Å². The van der Waals surface area contributed by atoms with Crippen molar-refractivity contribution in [2.45, 2.75) is 31.7 Å². The Morgan fingerprint density at radius 1 is 1.39 bits per heavy atom. The molecule has 0 saturated carbocycles. The van der Waals surface area contributed by atoms with E-state index in [-0.39, 0.29) is 11.4 Å². The molecule has 0 aromatic carbocycles. The van der Waals surface area contributed by atoms with E-state index >= 15 is 0 Å². The van der Waals surface area contributed by atoms with Crippen molar-refractivity contribution in [2.75, 3.05) is 0 Å². The van der Waals surface area contributed by atoms with Gasteiger partial charge in [0.1, 0.15) is 0 Å². The Morgan fingerprint density at radius 3 is 2.87 bits per heavy atom. The number of hydrogen-bond donors (Lipinski definition) is 1. The molecule has 0 aliphatic heterocycles. The summed E-state index contributed by atoms with van der Waals surface area (Å²) < 4.78 is 32.7. The first kappa shape index (κ1) is 16.3. The van der Waals surface area contributed by atoms with Crippen molar-refractivity contribution in [3.8, 4) is 10.7 Å². The van der Waals surface area contributed by atoms with Crippen LogP contribution in [0.15, 0.2) is 33.0 Å². The number of aromatic nitrogens is 2. The summed E-state index contributed by atoms with van der Waals surface area (Å²) in [6.07, 6.45) is 0.644. The van der Waals surface area contributed by atoms with Crippen molar-refractivity contribution in [1.82, 2.24) is 14.9 Å². The predicted molar refractivity (Wildman–Crippen MR) is 90.1 cm³/mol. The van der Waals surface area contributed by atoms with Gasteiger partial charge in [0, 0.05) is 22.7 Å². The maximum atomic E-state index is 12.5. The fourth-order valence-corrected chi connectivity index (χ4v) is 5.26. The predicted octanol–water partition coefficient (Wildman–Crippen LogP) is 3.21. The lowest BCUT2D eigenvalue weighted by Crippen LogP contribution is -2.22. The molecule has 0 bridgehead atoms. The minimum atomic E-state index is -3.57. The van der Waals surface area contributed by atoms with E-state index in [1.54, 1.807) is 13.0 Å². The van der Waals surface area contributed by atoms with E-state index in [4.69, 9.17) is 4.52 Å². The molecule has 0 spiro atoms. The molecule has 3 heterocycles. The summed E-state index contributed by atoms with van der Waals surface area (Å²) in [6, 6.07) is 5.38. The molecule has 1 N–H and O–H groups in total. The van der Waals surface area contributed by atoms with Crippen LogP contribution < -0.4 is 4.72 Å². The van der Waals surface area contributed by atoms with Crippen LogP contribution in [0.5, 0.6) is 0 Å². The molecule has 0 atom stereocenters. The molecule has 6 nitrogen and oxygen atoms in total. The van der Waals surface area contributed by atoms with E-state index in [1.165, 1.54) is 22.7 Å². The van der Waals surface area contributed by atoms with Crippen molar-refractivity contribution in [3.63, 3.8) is 0 Å². The minimum absolute atomic E-state index is 0.261. The fraction of sp³-hybridized carbons (Fsp3) is 0.286. The lowest BCUT2D eigenvalue weighted by atomic mass is 10.4. The average molecular weight is 369 g/mol. The smallest absolute Gasteiger partial charge is 0.242 e. The Morgan fingerprint density at radius 2 is 2.22 bits per heavy atom. The van der Waals surface area contributed by atoms with E-state index in [2.05, 4.69) is 14.9 Å². The minimum Gasteiger partial charge on any atom is -0.339 e. The van der Waals surface area contributed by atoms with Crippen molar-refractivity contribution in [1.29, 1.82) is 0 Å². The van der Waals surface area contributed by atoms with Crippen molar-refractivity contribution >= 4 is 32.7 Å². The van der Waals surface area contributed by atoms with Gasteiger partial charge in [0.2, 0.25) is 21.7 Å². The molecular weight excluding hydrogens is 354 g/mol. The molecule has 3 aromatic rings. The average Bonchev–Trinajstić information content (AvgIpc) is 3.25. The van der Waals surface area contributed by atoms with Gasteiger partial charge in [-0.15, -0.1) is 22.7 Å². The van der Waals surface area contributed by atoms with Crippen LogP contribution >= 0.6 is 22.7 Å². The third-order valence-electron chi connectivity index (χ3n) is 3.17. The Kier molecular flexibility index (Phi) is 4.62. The summed E-state index contributed by atoms with van der Waals surface area (Å²) in [5.74, 6) is 0.959. The lowest BCUT2D eigenvalue weighted by molar-refractivity contribution is 0.383. The third-order valence-corrected chi connectivity index (χ3v) is 6.75. The normalized spacial score (nSPS) is 11.9. The van der Waals surface area contributed by atoms with Crippen LogP contribution in [0, 0.1) is 6.92 Å².